The van der Waals surface area contributed by atoms with Crippen LogP contribution in [0.25, 0.3) is 0 Å². The average molecular weight is 689 g/mol. The van der Waals surface area contributed by atoms with Crippen LogP contribution in [0.15, 0.2) is 125 Å². The molecule has 0 amide bonds. The molecule has 5 rings (SSSR count). The summed E-state index contributed by atoms with van der Waals surface area (Å²) in [5.41, 5.74) is -3.66. The van der Waals surface area contributed by atoms with Gasteiger partial charge >= 0.3 is 26.4 Å². The molecule has 0 heterocycles. The van der Waals surface area contributed by atoms with E-state index in [-0.39, 0.29) is 9.79 Å². The average Bonchev–Trinajstić information content (AvgIpc) is 3.00. The van der Waals surface area contributed by atoms with Crippen molar-refractivity contribution in [1.82, 2.24) is 0 Å². The van der Waals surface area contributed by atoms with Crippen molar-refractivity contribution < 1.29 is 47.2 Å². The fraction of sp³-hybridized carbons (Fsp3) is 0.118. The summed E-state index contributed by atoms with van der Waals surface area (Å²) in [5, 5.41) is 0. The minimum Gasteiger partial charge on any atom is -0.376 e. The Labute approximate surface area is 268 Å². The Morgan fingerprint density at radius 2 is 0.894 bits per heavy atom. The van der Waals surface area contributed by atoms with E-state index in [2.05, 4.69) is 0 Å². The van der Waals surface area contributed by atoms with Crippen LogP contribution in [0, 0.1) is 25.5 Å². The summed E-state index contributed by atoms with van der Waals surface area (Å²) >= 11 is 0. The minimum atomic E-state index is -5.25. The third kappa shape index (κ3) is 6.58. The second-order valence-electron chi connectivity index (χ2n) is 10.6. The molecular formula is C34H25F5O6S2. The van der Waals surface area contributed by atoms with Gasteiger partial charge in [-0.15, -0.1) is 0 Å². The van der Waals surface area contributed by atoms with Crippen LogP contribution in [0.5, 0.6) is 11.5 Å². The van der Waals surface area contributed by atoms with Gasteiger partial charge in [-0.1, -0.05) is 77.9 Å². The van der Waals surface area contributed by atoms with Crippen LogP contribution >= 0.6 is 0 Å². The first-order chi connectivity index (χ1) is 22.0. The number of alkyl halides is 3. The van der Waals surface area contributed by atoms with Gasteiger partial charge in [-0.3, -0.25) is 0 Å². The highest BCUT2D eigenvalue weighted by atomic mass is 32.2. The maximum absolute atomic E-state index is 15.5. The normalized spacial score (nSPS) is 12.5. The lowest BCUT2D eigenvalue weighted by atomic mass is 9.68. The Bertz CT molecular complexity index is 2010. The van der Waals surface area contributed by atoms with E-state index in [0.29, 0.717) is 12.1 Å². The van der Waals surface area contributed by atoms with Crippen LogP contribution < -0.4 is 8.37 Å². The quantitative estimate of drug-likeness (QED) is 0.0886. The fourth-order valence-electron chi connectivity index (χ4n) is 5.02. The Morgan fingerprint density at radius 3 is 1.23 bits per heavy atom. The number of hydrogen-bond donors (Lipinski definition) is 0. The predicted octanol–water partition coefficient (Wildman–Crippen LogP) is 8.01. The summed E-state index contributed by atoms with van der Waals surface area (Å²) in [6, 6.07) is 21.2. The van der Waals surface area contributed by atoms with Crippen LogP contribution in [0.1, 0.15) is 27.8 Å². The zero-order valence-electron chi connectivity index (χ0n) is 24.6. The molecule has 0 saturated carbocycles. The molecule has 244 valence electrons. The number of benzene rings is 5. The Kier molecular flexibility index (Phi) is 8.91. The summed E-state index contributed by atoms with van der Waals surface area (Å²) < 4.78 is 138. The maximum Gasteiger partial charge on any atom is 0.406 e. The summed E-state index contributed by atoms with van der Waals surface area (Å²) in [6.07, 6.45) is -5.25. The van der Waals surface area contributed by atoms with Crippen molar-refractivity contribution in [3.8, 4) is 11.5 Å². The van der Waals surface area contributed by atoms with E-state index >= 15 is 22.0 Å². The zero-order valence-corrected chi connectivity index (χ0v) is 26.3. The van der Waals surface area contributed by atoms with Crippen molar-refractivity contribution in [3.05, 3.63) is 155 Å². The van der Waals surface area contributed by atoms with E-state index in [1.165, 1.54) is 66.7 Å². The van der Waals surface area contributed by atoms with E-state index in [4.69, 9.17) is 8.37 Å². The molecule has 13 heteroatoms. The molecule has 0 bridgehead atoms. The second kappa shape index (κ2) is 12.5. The molecule has 0 spiro atoms. The fourth-order valence-corrected chi connectivity index (χ4v) is 6.90. The smallest absolute Gasteiger partial charge is 0.376 e. The highest BCUT2D eigenvalue weighted by molar-refractivity contribution is 7.87. The summed E-state index contributed by atoms with van der Waals surface area (Å²) in [7, 11) is -9.11. The Hall–Kier alpha value is -4.75. The van der Waals surface area contributed by atoms with E-state index in [9.17, 15) is 16.8 Å². The van der Waals surface area contributed by atoms with Crippen molar-refractivity contribution in [2.24, 2.45) is 0 Å². The highest BCUT2D eigenvalue weighted by Gasteiger charge is 2.58. The van der Waals surface area contributed by atoms with Crippen LogP contribution in [-0.2, 0) is 25.7 Å². The molecule has 0 aliphatic heterocycles. The number of halogens is 5. The van der Waals surface area contributed by atoms with Gasteiger partial charge in [0.25, 0.3) is 0 Å². The topological polar surface area (TPSA) is 86.7 Å². The van der Waals surface area contributed by atoms with E-state index in [1.54, 1.807) is 13.8 Å². The third-order valence-electron chi connectivity index (χ3n) is 7.38. The molecule has 0 atom stereocenters. The second-order valence-corrected chi connectivity index (χ2v) is 13.7. The Balaban J connectivity index is 1.61. The molecule has 0 fully saturated rings. The van der Waals surface area contributed by atoms with E-state index < -0.39 is 71.7 Å². The molecule has 5 aromatic rings. The molecule has 0 N–H and O–H groups in total. The molecule has 0 aromatic heterocycles. The third-order valence-corrected chi connectivity index (χ3v) is 9.88. The molecule has 0 unspecified atom stereocenters. The first kappa shape index (κ1) is 33.6. The van der Waals surface area contributed by atoms with Gasteiger partial charge in [-0.25, -0.2) is 8.78 Å². The van der Waals surface area contributed by atoms with Crippen LogP contribution in [0.2, 0.25) is 0 Å². The zero-order chi connectivity index (χ0) is 34.2. The summed E-state index contributed by atoms with van der Waals surface area (Å²) in [5.74, 6) is -4.61. The Morgan fingerprint density at radius 1 is 0.511 bits per heavy atom. The monoisotopic (exact) mass is 688 g/mol. The molecule has 6 nitrogen and oxygen atoms in total. The van der Waals surface area contributed by atoms with Crippen LogP contribution in [0.3, 0.4) is 0 Å². The van der Waals surface area contributed by atoms with Crippen LogP contribution in [0.4, 0.5) is 22.0 Å². The summed E-state index contributed by atoms with van der Waals surface area (Å²) in [6.45, 7) is 3.43. The van der Waals surface area contributed by atoms with Gasteiger partial charge in [0.15, 0.2) is 23.1 Å². The lowest BCUT2D eigenvalue weighted by Crippen LogP contribution is -2.44. The van der Waals surface area contributed by atoms with Gasteiger partial charge in [-0.05, 0) is 79.1 Å². The van der Waals surface area contributed by atoms with Crippen LogP contribution in [-0.4, -0.2) is 23.0 Å². The lowest BCUT2D eigenvalue weighted by Gasteiger charge is -2.37. The number of hydrogen-bond acceptors (Lipinski definition) is 6. The number of rotatable bonds is 9. The van der Waals surface area contributed by atoms with E-state index in [1.807, 2.05) is 0 Å². The van der Waals surface area contributed by atoms with Crippen molar-refractivity contribution in [1.29, 1.82) is 0 Å². The predicted molar refractivity (Wildman–Crippen MR) is 163 cm³/mol. The SMILES string of the molecule is Cc1ccc(S(=O)(=O)Oc2ccc(C(c3ccccc3)(c3ccc(OS(=O)(=O)c4ccc(C)cc4)c(F)c3)C(F)(F)F)cc2F)cc1. The van der Waals surface area contributed by atoms with Gasteiger partial charge in [0.05, 0.1) is 0 Å². The molecule has 0 saturated heterocycles. The molecule has 0 aliphatic rings. The van der Waals surface area contributed by atoms with Crippen molar-refractivity contribution in [2.75, 3.05) is 0 Å². The first-order valence-electron chi connectivity index (χ1n) is 13.8. The van der Waals surface area contributed by atoms with Gasteiger partial charge in [0.1, 0.15) is 15.2 Å². The van der Waals surface area contributed by atoms with Gasteiger partial charge < -0.3 is 8.37 Å². The van der Waals surface area contributed by atoms with Crippen molar-refractivity contribution in [3.63, 3.8) is 0 Å². The lowest BCUT2D eigenvalue weighted by molar-refractivity contribution is -0.166. The first-order valence-corrected chi connectivity index (χ1v) is 16.6. The minimum absolute atomic E-state index is 0.303. The number of aryl methyl sites for hydroxylation is 2. The molecule has 47 heavy (non-hydrogen) atoms. The molecule has 0 radical (unpaired) electrons. The van der Waals surface area contributed by atoms with E-state index in [0.717, 1.165) is 47.5 Å². The van der Waals surface area contributed by atoms with Crippen molar-refractivity contribution in [2.45, 2.75) is 35.2 Å². The molecular weight excluding hydrogens is 663 g/mol. The van der Waals surface area contributed by atoms with Gasteiger partial charge in [0, 0.05) is 0 Å². The maximum atomic E-state index is 15.5. The standard InChI is InChI=1S/C34H25F5O6S2/c1-22-8-14-27(15-9-22)46(40,41)44-31-18-12-25(20-29(31)35)33(34(37,38)39,24-6-4-3-5-7-24)26-13-19-32(30(36)21-26)45-47(42,43)28-16-10-23(2)11-17-28/h3-21H,1-2H3. The molecule has 5 aromatic carbocycles. The molecule has 0 aliphatic carbocycles. The highest BCUT2D eigenvalue weighted by Crippen LogP contribution is 2.52. The largest absolute Gasteiger partial charge is 0.406 e. The van der Waals surface area contributed by atoms with Gasteiger partial charge in [-0.2, -0.15) is 30.0 Å². The van der Waals surface area contributed by atoms with Gasteiger partial charge in [0.2, 0.25) is 0 Å². The summed E-state index contributed by atoms with van der Waals surface area (Å²) in [4.78, 5) is -0.606. The van der Waals surface area contributed by atoms with Crippen molar-refractivity contribution >= 4 is 20.2 Å².